The van der Waals surface area contributed by atoms with E-state index in [1.54, 1.807) is 11.8 Å². The average Bonchev–Trinajstić information content (AvgIpc) is 2.67. The van der Waals surface area contributed by atoms with Gasteiger partial charge in [-0.3, -0.25) is 0 Å². The standard InChI is InChI=1S/C22H28O3S/c1-3-26-22-21(24-16-19-12-8-5-9-13-19)20(14-17(2)25-22)23-15-18-10-6-4-7-11-18/h4-13,17,20-22H,3,14-16H2,1-2H3/t17-,20+,21-,22+/m1/s1. The summed E-state index contributed by atoms with van der Waals surface area (Å²) in [5, 5.41) is 0. The van der Waals surface area contributed by atoms with E-state index in [2.05, 4.69) is 38.1 Å². The van der Waals surface area contributed by atoms with Crippen LogP contribution in [0.2, 0.25) is 0 Å². The fourth-order valence-electron chi connectivity index (χ4n) is 3.19. The van der Waals surface area contributed by atoms with E-state index < -0.39 is 0 Å². The second kappa shape index (κ2) is 10.1. The Bertz CT molecular complexity index is 634. The van der Waals surface area contributed by atoms with Crippen molar-refractivity contribution in [1.82, 2.24) is 0 Å². The molecule has 1 saturated heterocycles. The first-order chi connectivity index (χ1) is 12.8. The normalized spacial score (nSPS) is 25.9. The Labute approximate surface area is 161 Å². The van der Waals surface area contributed by atoms with Gasteiger partial charge in [0.2, 0.25) is 0 Å². The van der Waals surface area contributed by atoms with Gasteiger partial charge in [-0.05, 0) is 23.8 Å². The molecule has 0 radical (unpaired) electrons. The quantitative estimate of drug-likeness (QED) is 0.648. The highest BCUT2D eigenvalue weighted by Crippen LogP contribution is 2.32. The third-order valence-electron chi connectivity index (χ3n) is 4.49. The molecule has 0 saturated carbocycles. The largest absolute Gasteiger partial charge is 0.371 e. The van der Waals surface area contributed by atoms with Crippen molar-refractivity contribution in [3.05, 3.63) is 71.8 Å². The van der Waals surface area contributed by atoms with Crippen molar-refractivity contribution in [2.75, 3.05) is 5.75 Å². The monoisotopic (exact) mass is 372 g/mol. The van der Waals surface area contributed by atoms with Gasteiger partial charge >= 0.3 is 0 Å². The molecular weight excluding hydrogens is 344 g/mol. The van der Waals surface area contributed by atoms with Crippen molar-refractivity contribution in [3.8, 4) is 0 Å². The van der Waals surface area contributed by atoms with E-state index in [1.807, 2.05) is 36.4 Å². The first-order valence-corrected chi connectivity index (χ1v) is 10.4. The lowest BCUT2D eigenvalue weighted by Crippen LogP contribution is -2.48. The lowest BCUT2D eigenvalue weighted by atomic mass is 10.0. The summed E-state index contributed by atoms with van der Waals surface area (Å²) in [6.07, 6.45) is 0.996. The summed E-state index contributed by atoms with van der Waals surface area (Å²) < 4.78 is 18.8. The maximum absolute atomic E-state index is 6.31. The van der Waals surface area contributed by atoms with Crippen LogP contribution >= 0.6 is 11.8 Å². The molecule has 1 heterocycles. The van der Waals surface area contributed by atoms with Gasteiger partial charge in [-0.1, -0.05) is 67.6 Å². The molecule has 0 amide bonds. The van der Waals surface area contributed by atoms with Crippen LogP contribution in [0.1, 0.15) is 31.4 Å². The second-order valence-corrected chi connectivity index (χ2v) is 7.98. The summed E-state index contributed by atoms with van der Waals surface area (Å²) >= 11 is 1.80. The van der Waals surface area contributed by atoms with Crippen molar-refractivity contribution >= 4 is 11.8 Å². The fraction of sp³-hybridized carbons (Fsp3) is 0.455. The van der Waals surface area contributed by atoms with Gasteiger partial charge in [-0.2, -0.15) is 0 Å². The predicted molar refractivity (Wildman–Crippen MR) is 107 cm³/mol. The van der Waals surface area contributed by atoms with Crippen molar-refractivity contribution < 1.29 is 14.2 Å². The molecule has 3 nitrogen and oxygen atoms in total. The van der Waals surface area contributed by atoms with Gasteiger partial charge in [0.15, 0.2) is 0 Å². The zero-order valence-corrected chi connectivity index (χ0v) is 16.4. The van der Waals surface area contributed by atoms with E-state index in [-0.39, 0.29) is 23.7 Å². The smallest absolute Gasteiger partial charge is 0.132 e. The van der Waals surface area contributed by atoms with Gasteiger partial charge < -0.3 is 14.2 Å². The summed E-state index contributed by atoms with van der Waals surface area (Å²) in [4.78, 5) is 0. The fourth-order valence-corrected chi connectivity index (χ4v) is 4.23. The molecule has 26 heavy (non-hydrogen) atoms. The van der Waals surface area contributed by atoms with Crippen LogP contribution < -0.4 is 0 Å². The number of hydrogen-bond donors (Lipinski definition) is 0. The lowest BCUT2D eigenvalue weighted by Gasteiger charge is -2.40. The Morgan fingerprint density at radius 1 is 0.923 bits per heavy atom. The zero-order chi connectivity index (χ0) is 18.2. The second-order valence-electron chi connectivity index (χ2n) is 6.60. The Hall–Kier alpha value is -1.33. The zero-order valence-electron chi connectivity index (χ0n) is 15.5. The highest BCUT2D eigenvalue weighted by Gasteiger charge is 2.39. The molecule has 2 aromatic carbocycles. The molecular formula is C22H28O3S. The van der Waals surface area contributed by atoms with E-state index in [1.165, 1.54) is 11.1 Å². The van der Waals surface area contributed by atoms with Crippen LogP contribution in [0.3, 0.4) is 0 Å². The van der Waals surface area contributed by atoms with Crippen LogP contribution in [-0.4, -0.2) is 29.5 Å². The molecule has 0 spiro atoms. The molecule has 140 valence electrons. The summed E-state index contributed by atoms with van der Waals surface area (Å²) in [5.41, 5.74) is 2.37. The van der Waals surface area contributed by atoms with Crippen LogP contribution in [0.15, 0.2) is 60.7 Å². The van der Waals surface area contributed by atoms with Crippen LogP contribution in [0.25, 0.3) is 0 Å². The van der Waals surface area contributed by atoms with Crippen LogP contribution in [0.4, 0.5) is 0 Å². The van der Waals surface area contributed by atoms with Crippen LogP contribution in [0.5, 0.6) is 0 Å². The third-order valence-corrected chi connectivity index (χ3v) is 5.53. The molecule has 1 fully saturated rings. The number of ether oxygens (including phenoxy) is 3. The first-order valence-electron chi connectivity index (χ1n) is 9.34. The Balaban J connectivity index is 1.67. The summed E-state index contributed by atoms with van der Waals surface area (Å²) in [6, 6.07) is 20.6. The Morgan fingerprint density at radius 3 is 2.08 bits per heavy atom. The molecule has 0 N–H and O–H groups in total. The number of hydrogen-bond acceptors (Lipinski definition) is 4. The Kier molecular flexibility index (Phi) is 7.56. The van der Waals surface area contributed by atoms with Crippen molar-refractivity contribution in [1.29, 1.82) is 0 Å². The molecule has 2 aromatic rings. The van der Waals surface area contributed by atoms with Gasteiger partial charge in [0.1, 0.15) is 11.5 Å². The highest BCUT2D eigenvalue weighted by atomic mass is 32.2. The van der Waals surface area contributed by atoms with Crippen LogP contribution in [0, 0.1) is 0 Å². The van der Waals surface area contributed by atoms with E-state index in [9.17, 15) is 0 Å². The summed E-state index contributed by atoms with van der Waals surface area (Å²) in [6.45, 7) is 5.46. The van der Waals surface area contributed by atoms with Crippen molar-refractivity contribution in [3.63, 3.8) is 0 Å². The molecule has 0 bridgehead atoms. The molecule has 0 aliphatic carbocycles. The van der Waals surface area contributed by atoms with E-state index >= 15 is 0 Å². The SMILES string of the molecule is CCS[C@@H]1O[C@H](C)C[C@H](OCc2ccccc2)[C@H]1OCc1ccccc1. The highest BCUT2D eigenvalue weighted by molar-refractivity contribution is 7.99. The molecule has 0 aromatic heterocycles. The molecule has 4 heteroatoms. The predicted octanol–water partition coefficient (Wildman–Crippen LogP) is 5.05. The van der Waals surface area contributed by atoms with Gasteiger partial charge in [0.05, 0.1) is 25.4 Å². The van der Waals surface area contributed by atoms with Crippen molar-refractivity contribution in [2.24, 2.45) is 0 Å². The summed E-state index contributed by atoms with van der Waals surface area (Å²) in [7, 11) is 0. The minimum atomic E-state index is -0.0694. The van der Waals surface area contributed by atoms with E-state index in [4.69, 9.17) is 14.2 Å². The average molecular weight is 373 g/mol. The van der Waals surface area contributed by atoms with E-state index in [0.717, 1.165) is 12.2 Å². The third kappa shape index (κ3) is 5.58. The lowest BCUT2D eigenvalue weighted by molar-refractivity contribution is -0.178. The van der Waals surface area contributed by atoms with E-state index in [0.29, 0.717) is 13.2 Å². The molecule has 0 unspecified atom stereocenters. The van der Waals surface area contributed by atoms with Gasteiger partial charge in [0.25, 0.3) is 0 Å². The minimum Gasteiger partial charge on any atom is -0.371 e. The maximum atomic E-state index is 6.31. The van der Waals surface area contributed by atoms with Crippen molar-refractivity contribution in [2.45, 2.75) is 57.2 Å². The molecule has 1 aliphatic heterocycles. The van der Waals surface area contributed by atoms with Gasteiger partial charge in [-0.15, -0.1) is 11.8 Å². The van der Waals surface area contributed by atoms with Gasteiger partial charge in [0, 0.05) is 6.42 Å². The first kappa shape index (κ1) is 19.4. The topological polar surface area (TPSA) is 27.7 Å². The number of benzene rings is 2. The number of rotatable bonds is 8. The Morgan fingerprint density at radius 2 is 1.50 bits per heavy atom. The molecule has 3 rings (SSSR count). The molecule has 1 aliphatic rings. The summed E-state index contributed by atoms with van der Waals surface area (Å²) in [5.74, 6) is 0.994. The van der Waals surface area contributed by atoms with Gasteiger partial charge in [-0.25, -0.2) is 0 Å². The minimum absolute atomic E-state index is 0.00763. The molecule has 4 atom stereocenters. The number of thioether (sulfide) groups is 1. The van der Waals surface area contributed by atoms with Crippen LogP contribution in [-0.2, 0) is 27.4 Å². The maximum Gasteiger partial charge on any atom is 0.132 e.